The van der Waals surface area contributed by atoms with E-state index in [1.165, 1.54) is 25.3 Å². The maximum atomic E-state index is 13.4. The molecule has 0 saturated heterocycles. The molecule has 18 heavy (non-hydrogen) atoms. The lowest BCUT2D eigenvalue weighted by Gasteiger charge is -2.19. The first kappa shape index (κ1) is 14.4. The number of hydrogen-bond donors (Lipinski definition) is 2. The van der Waals surface area contributed by atoms with Crippen LogP contribution in [0.15, 0.2) is 18.2 Å². The predicted octanol–water partition coefficient (Wildman–Crippen LogP) is 1.76. The molecule has 0 aliphatic carbocycles. The van der Waals surface area contributed by atoms with Crippen molar-refractivity contribution in [2.75, 3.05) is 7.11 Å². The summed E-state index contributed by atoms with van der Waals surface area (Å²) in [6.07, 6.45) is -0.210. The third-order valence-corrected chi connectivity index (χ3v) is 2.57. The molecule has 0 aliphatic heterocycles. The fraction of sp³-hybridized carbons (Fsp3) is 0.417. The highest BCUT2D eigenvalue weighted by Crippen LogP contribution is 2.35. The molecule has 1 rings (SSSR count). The molecule has 1 aromatic carbocycles. The van der Waals surface area contributed by atoms with Gasteiger partial charge in [-0.3, -0.25) is 4.79 Å². The Morgan fingerprint density at radius 2 is 2.17 bits per heavy atom. The zero-order valence-electron chi connectivity index (χ0n) is 10.1. The Labute approximate surface area is 103 Å². The van der Waals surface area contributed by atoms with E-state index in [-0.39, 0.29) is 23.3 Å². The molecule has 1 unspecified atom stereocenters. The Kier molecular flexibility index (Phi) is 4.24. The summed E-state index contributed by atoms with van der Waals surface area (Å²) < 4.78 is 31.9. The van der Waals surface area contributed by atoms with Gasteiger partial charge in [-0.2, -0.15) is 0 Å². The van der Waals surface area contributed by atoms with Crippen LogP contribution in [0, 0.1) is 0 Å². The van der Waals surface area contributed by atoms with Gasteiger partial charge < -0.3 is 15.6 Å². The van der Waals surface area contributed by atoms with Crippen molar-refractivity contribution >= 4 is 5.97 Å². The van der Waals surface area contributed by atoms with E-state index >= 15 is 0 Å². The van der Waals surface area contributed by atoms with Gasteiger partial charge in [-0.1, -0.05) is 12.1 Å². The fourth-order valence-corrected chi connectivity index (χ4v) is 1.69. The van der Waals surface area contributed by atoms with E-state index < -0.39 is 17.9 Å². The number of carboxylic acids is 1. The highest BCUT2D eigenvalue weighted by molar-refractivity contribution is 5.73. The van der Waals surface area contributed by atoms with Gasteiger partial charge in [0, 0.05) is 24.5 Å². The van der Waals surface area contributed by atoms with Crippen LogP contribution in [-0.4, -0.2) is 24.2 Å². The lowest BCUT2D eigenvalue weighted by molar-refractivity contribution is -0.138. The van der Waals surface area contributed by atoms with Crippen LogP contribution in [0.1, 0.15) is 18.1 Å². The Hall–Kier alpha value is -1.69. The molecular weight excluding hydrogens is 244 g/mol. The number of halogens is 2. The van der Waals surface area contributed by atoms with Gasteiger partial charge in [-0.25, -0.2) is 8.78 Å². The molecular formula is C12H15F2NO3. The van der Waals surface area contributed by atoms with Gasteiger partial charge in [-0.05, 0) is 6.07 Å². The quantitative estimate of drug-likeness (QED) is 0.845. The van der Waals surface area contributed by atoms with Crippen LogP contribution in [0.4, 0.5) is 8.78 Å². The third kappa shape index (κ3) is 3.16. The topological polar surface area (TPSA) is 72.5 Å². The van der Waals surface area contributed by atoms with E-state index in [0.29, 0.717) is 0 Å². The van der Waals surface area contributed by atoms with E-state index in [0.717, 1.165) is 6.92 Å². The minimum Gasteiger partial charge on any atom is -0.496 e. The normalized spacial score (nSPS) is 13.2. The van der Waals surface area contributed by atoms with Gasteiger partial charge in [0.1, 0.15) is 11.8 Å². The number of nitrogens with two attached hydrogens (primary N) is 1. The Morgan fingerprint density at radius 3 is 2.61 bits per heavy atom. The van der Waals surface area contributed by atoms with Gasteiger partial charge in [0.2, 0.25) is 0 Å². The maximum Gasteiger partial charge on any atom is 0.320 e. The molecule has 0 radical (unpaired) electrons. The SMILES string of the molecule is COc1cccc(C(C)(F)F)c1CC(N)C(=O)O. The van der Waals surface area contributed by atoms with Crippen LogP contribution in [-0.2, 0) is 17.1 Å². The van der Waals surface area contributed by atoms with Crippen molar-refractivity contribution in [3.8, 4) is 5.75 Å². The summed E-state index contributed by atoms with van der Waals surface area (Å²) in [6.45, 7) is 0.748. The Morgan fingerprint density at radius 1 is 1.56 bits per heavy atom. The summed E-state index contributed by atoms with van der Waals surface area (Å²) in [5.74, 6) is -4.11. The van der Waals surface area contributed by atoms with Crippen molar-refractivity contribution in [2.24, 2.45) is 5.73 Å². The number of rotatable bonds is 5. The highest BCUT2D eigenvalue weighted by atomic mass is 19.3. The molecule has 100 valence electrons. The number of hydrogen-bond acceptors (Lipinski definition) is 3. The second-order valence-electron chi connectivity index (χ2n) is 4.02. The molecule has 0 aromatic heterocycles. The lowest BCUT2D eigenvalue weighted by atomic mass is 9.96. The smallest absolute Gasteiger partial charge is 0.320 e. The van der Waals surface area contributed by atoms with Crippen LogP contribution in [0.25, 0.3) is 0 Å². The second-order valence-corrected chi connectivity index (χ2v) is 4.02. The van der Waals surface area contributed by atoms with Gasteiger partial charge in [0.15, 0.2) is 0 Å². The summed E-state index contributed by atoms with van der Waals surface area (Å²) in [6, 6.07) is 2.93. The lowest BCUT2D eigenvalue weighted by Crippen LogP contribution is -2.33. The zero-order chi connectivity index (χ0) is 13.9. The average molecular weight is 259 g/mol. The molecule has 3 N–H and O–H groups in total. The van der Waals surface area contributed by atoms with Gasteiger partial charge in [0.05, 0.1) is 7.11 Å². The molecule has 4 nitrogen and oxygen atoms in total. The number of ether oxygens (including phenoxy) is 1. The summed E-state index contributed by atoms with van der Waals surface area (Å²) >= 11 is 0. The standard InChI is InChI=1S/C12H15F2NO3/c1-12(13,14)8-4-3-5-10(18-2)7(8)6-9(15)11(16)17/h3-5,9H,6,15H2,1-2H3,(H,16,17). The first-order valence-electron chi connectivity index (χ1n) is 5.30. The minimum atomic E-state index is -3.08. The number of carboxylic acid groups (broad SMARTS) is 1. The van der Waals surface area contributed by atoms with E-state index in [4.69, 9.17) is 15.6 Å². The van der Waals surface area contributed by atoms with E-state index in [2.05, 4.69) is 0 Å². The summed E-state index contributed by atoms with van der Waals surface area (Å²) in [4.78, 5) is 10.7. The van der Waals surface area contributed by atoms with E-state index in [1.807, 2.05) is 0 Å². The summed E-state index contributed by atoms with van der Waals surface area (Å²) in [5.41, 5.74) is 5.25. The van der Waals surface area contributed by atoms with Crippen molar-refractivity contribution in [1.82, 2.24) is 0 Å². The number of alkyl halides is 2. The molecule has 0 fully saturated rings. The molecule has 0 aliphatic rings. The van der Waals surface area contributed by atoms with E-state index in [9.17, 15) is 13.6 Å². The molecule has 1 aromatic rings. The number of aliphatic carboxylic acids is 1. The van der Waals surface area contributed by atoms with Crippen LogP contribution in [0.3, 0.4) is 0 Å². The highest BCUT2D eigenvalue weighted by Gasteiger charge is 2.30. The third-order valence-electron chi connectivity index (χ3n) is 2.57. The molecule has 1 atom stereocenters. The zero-order valence-corrected chi connectivity index (χ0v) is 10.1. The molecule has 0 saturated carbocycles. The van der Waals surface area contributed by atoms with Crippen molar-refractivity contribution in [1.29, 1.82) is 0 Å². The first-order chi connectivity index (χ1) is 8.27. The molecule has 0 spiro atoms. The summed E-state index contributed by atoms with van der Waals surface area (Å²) in [7, 11) is 1.34. The van der Waals surface area contributed by atoms with E-state index in [1.54, 1.807) is 0 Å². The fourth-order valence-electron chi connectivity index (χ4n) is 1.69. The van der Waals surface area contributed by atoms with Crippen LogP contribution in [0.5, 0.6) is 5.75 Å². The first-order valence-corrected chi connectivity index (χ1v) is 5.30. The minimum absolute atomic E-state index is 0.127. The van der Waals surface area contributed by atoms with Crippen molar-refractivity contribution in [3.63, 3.8) is 0 Å². The number of carbonyl (C=O) groups is 1. The monoisotopic (exact) mass is 259 g/mol. The molecule has 0 amide bonds. The summed E-state index contributed by atoms with van der Waals surface area (Å²) in [5, 5.41) is 8.75. The molecule has 0 heterocycles. The Bertz CT molecular complexity index is 443. The van der Waals surface area contributed by atoms with Crippen LogP contribution < -0.4 is 10.5 Å². The second kappa shape index (κ2) is 5.30. The van der Waals surface area contributed by atoms with Crippen LogP contribution in [0.2, 0.25) is 0 Å². The van der Waals surface area contributed by atoms with Crippen LogP contribution >= 0.6 is 0 Å². The van der Waals surface area contributed by atoms with Gasteiger partial charge in [-0.15, -0.1) is 0 Å². The number of benzene rings is 1. The van der Waals surface area contributed by atoms with Gasteiger partial charge >= 0.3 is 5.97 Å². The Balaban J connectivity index is 3.24. The largest absolute Gasteiger partial charge is 0.496 e. The van der Waals surface area contributed by atoms with Crippen molar-refractivity contribution < 1.29 is 23.4 Å². The predicted molar refractivity (Wildman–Crippen MR) is 61.9 cm³/mol. The number of methoxy groups -OCH3 is 1. The van der Waals surface area contributed by atoms with Crippen molar-refractivity contribution in [2.45, 2.75) is 25.3 Å². The molecule has 0 bridgehead atoms. The van der Waals surface area contributed by atoms with Crippen molar-refractivity contribution in [3.05, 3.63) is 29.3 Å². The maximum absolute atomic E-state index is 13.4. The average Bonchev–Trinajstić information content (AvgIpc) is 2.27. The molecule has 6 heteroatoms. The van der Waals surface area contributed by atoms with Gasteiger partial charge in [0.25, 0.3) is 5.92 Å².